The van der Waals surface area contributed by atoms with Crippen LogP contribution in [0.5, 0.6) is 5.75 Å². The SMILES string of the molecule is COc1ccccc1-c1nc(C(C)CCN)[nH]c1C. The molecule has 19 heavy (non-hydrogen) atoms. The number of nitrogens with zero attached hydrogens (tertiary/aromatic N) is 1. The average molecular weight is 259 g/mol. The highest BCUT2D eigenvalue weighted by Crippen LogP contribution is 2.31. The first-order valence-electron chi connectivity index (χ1n) is 6.57. The van der Waals surface area contributed by atoms with Crippen molar-refractivity contribution in [2.75, 3.05) is 13.7 Å². The van der Waals surface area contributed by atoms with Crippen LogP contribution in [0.2, 0.25) is 0 Å². The highest BCUT2D eigenvalue weighted by Gasteiger charge is 2.16. The van der Waals surface area contributed by atoms with Crippen LogP contribution in [0.3, 0.4) is 0 Å². The highest BCUT2D eigenvalue weighted by molar-refractivity contribution is 5.69. The van der Waals surface area contributed by atoms with E-state index in [1.807, 2.05) is 31.2 Å². The molecule has 0 radical (unpaired) electrons. The van der Waals surface area contributed by atoms with Gasteiger partial charge < -0.3 is 15.5 Å². The number of imidazole rings is 1. The van der Waals surface area contributed by atoms with Gasteiger partial charge in [0.15, 0.2) is 0 Å². The van der Waals surface area contributed by atoms with Gasteiger partial charge in [0.25, 0.3) is 0 Å². The molecule has 1 heterocycles. The standard InChI is InChI=1S/C15H21N3O/c1-10(8-9-16)15-17-11(2)14(18-15)12-6-4-5-7-13(12)19-3/h4-7,10H,8-9,16H2,1-3H3,(H,17,18). The average Bonchev–Trinajstić information content (AvgIpc) is 2.81. The molecule has 0 fully saturated rings. The molecule has 4 nitrogen and oxygen atoms in total. The van der Waals surface area contributed by atoms with Gasteiger partial charge >= 0.3 is 0 Å². The number of hydrogen-bond acceptors (Lipinski definition) is 3. The van der Waals surface area contributed by atoms with Crippen LogP contribution < -0.4 is 10.5 Å². The molecule has 0 bridgehead atoms. The van der Waals surface area contributed by atoms with Crippen LogP contribution in [-0.4, -0.2) is 23.6 Å². The lowest BCUT2D eigenvalue weighted by Crippen LogP contribution is -2.05. The summed E-state index contributed by atoms with van der Waals surface area (Å²) in [5.74, 6) is 2.17. The molecule has 1 aromatic carbocycles. The normalized spacial score (nSPS) is 12.4. The van der Waals surface area contributed by atoms with Crippen molar-refractivity contribution in [3.8, 4) is 17.0 Å². The quantitative estimate of drug-likeness (QED) is 0.867. The van der Waals surface area contributed by atoms with E-state index in [2.05, 4.69) is 11.9 Å². The van der Waals surface area contributed by atoms with Gasteiger partial charge in [0, 0.05) is 17.2 Å². The minimum Gasteiger partial charge on any atom is -0.496 e. The van der Waals surface area contributed by atoms with E-state index in [0.717, 1.165) is 34.9 Å². The summed E-state index contributed by atoms with van der Waals surface area (Å²) in [4.78, 5) is 8.07. The van der Waals surface area contributed by atoms with Crippen LogP contribution in [0.4, 0.5) is 0 Å². The number of para-hydroxylation sites is 1. The van der Waals surface area contributed by atoms with Gasteiger partial charge in [0.05, 0.1) is 12.8 Å². The van der Waals surface area contributed by atoms with Crippen molar-refractivity contribution in [2.45, 2.75) is 26.2 Å². The first-order chi connectivity index (χ1) is 9.17. The minimum atomic E-state index is 0.340. The van der Waals surface area contributed by atoms with Gasteiger partial charge in [-0.3, -0.25) is 0 Å². The Morgan fingerprint density at radius 2 is 2.11 bits per heavy atom. The van der Waals surface area contributed by atoms with Gasteiger partial charge in [-0.2, -0.15) is 0 Å². The van der Waals surface area contributed by atoms with Gasteiger partial charge in [-0.25, -0.2) is 4.98 Å². The Bertz CT molecular complexity index is 548. The summed E-state index contributed by atoms with van der Waals surface area (Å²) in [6.07, 6.45) is 0.929. The maximum absolute atomic E-state index is 5.61. The maximum Gasteiger partial charge on any atom is 0.128 e. The molecule has 102 valence electrons. The largest absolute Gasteiger partial charge is 0.496 e. The molecule has 2 aromatic rings. The minimum absolute atomic E-state index is 0.340. The van der Waals surface area contributed by atoms with Crippen LogP contribution in [-0.2, 0) is 0 Å². The van der Waals surface area contributed by atoms with Gasteiger partial charge in [-0.05, 0) is 32.0 Å². The Hall–Kier alpha value is -1.81. The molecular formula is C15H21N3O. The van der Waals surface area contributed by atoms with Crippen molar-refractivity contribution in [2.24, 2.45) is 5.73 Å². The van der Waals surface area contributed by atoms with Crippen LogP contribution in [0.25, 0.3) is 11.3 Å². The second-order valence-electron chi connectivity index (χ2n) is 4.77. The first-order valence-corrected chi connectivity index (χ1v) is 6.57. The zero-order valence-corrected chi connectivity index (χ0v) is 11.7. The second kappa shape index (κ2) is 5.89. The van der Waals surface area contributed by atoms with Crippen LogP contribution in [0, 0.1) is 6.92 Å². The monoisotopic (exact) mass is 259 g/mol. The molecule has 2 rings (SSSR count). The summed E-state index contributed by atoms with van der Waals surface area (Å²) in [6, 6.07) is 7.93. The van der Waals surface area contributed by atoms with Gasteiger partial charge in [-0.1, -0.05) is 19.1 Å². The number of nitrogens with one attached hydrogen (secondary N) is 1. The lowest BCUT2D eigenvalue weighted by molar-refractivity contribution is 0.416. The molecule has 0 aliphatic heterocycles. The van der Waals surface area contributed by atoms with E-state index in [4.69, 9.17) is 15.5 Å². The summed E-state index contributed by atoms with van der Waals surface area (Å²) in [6.45, 7) is 4.84. The second-order valence-corrected chi connectivity index (χ2v) is 4.77. The molecule has 0 amide bonds. The summed E-state index contributed by atoms with van der Waals surface area (Å²) < 4.78 is 5.40. The van der Waals surface area contributed by atoms with Gasteiger partial charge in [-0.15, -0.1) is 0 Å². The molecule has 4 heteroatoms. The number of ether oxygens (including phenoxy) is 1. The predicted octanol–water partition coefficient (Wildman–Crippen LogP) is 2.85. The third-order valence-electron chi connectivity index (χ3n) is 3.33. The summed E-state index contributed by atoms with van der Waals surface area (Å²) in [7, 11) is 1.68. The van der Waals surface area contributed by atoms with Crippen molar-refractivity contribution in [1.29, 1.82) is 0 Å². The van der Waals surface area contributed by atoms with Crippen LogP contribution >= 0.6 is 0 Å². The maximum atomic E-state index is 5.61. The summed E-state index contributed by atoms with van der Waals surface area (Å²) >= 11 is 0. The predicted molar refractivity (Wildman–Crippen MR) is 77.4 cm³/mol. The lowest BCUT2D eigenvalue weighted by Gasteiger charge is -2.06. The fourth-order valence-corrected chi connectivity index (χ4v) is 2.21. The molecule has 1 unspecified atom stereocenters. The molecule has 3 N–H and O–H groups in total. The Labute approximate surface area is 114 Å². The zero-order valence-electron chi connectivity index (χ0n) is 11.7. The van der Waals surface area contributed by atoms with Crippen molar-refractivity contribution in [1.82, 2.24) is 9.97 Å². The van der Waals surface area contributed by atoms with Gasteiger partial charge in [0.2, 0.25) is 0 Å². The molecule has 1 atom stereocenters. The third-order valence-corrected chi connectivity index (χ3v) is 3.33. The molecule has 0 aliphatic rings. The molecule has 0 aliphatic carbocycles. The van der Waals surface area contributed by atoms with Crippen molar-refractivity contribution >= 4 is 0 Å². The smallest absolute Gasteiger partial charge is 0.128 e. The number of rotatable bonds is 5. The van der Waals surface area contributed by atoms with E-state index in [9.17, 15) is 0 Å². The van der Waals surface area contributed by atoms with E-state index in [-0.39, 0.29) is 0 Å². The fraction of sp³-hybridized carbons (Fsp3) is 0.400. The molecule has 1 aromatic heterocycles. The Balaban J connectivity index is 2.40. The third kappa shape index (κ3) is 2.79. The van der Waals surface area contributed by atoms with E-state index in [1.165, 1.54) is 0 Å². The van der Waals surface area contributed by atoms with Crippen molar-refractivity contribution in [3.63, 3.8) is 0 Å². The number of H-pyrrole nitrogens is 1. The fourth-order valence-electron chi connectivity index (χ4n) is 2.21. The van der Waals surface area contributed by atoms with Crippen LogP contribution in [0.1, 0.15) is 30.8 Å². The van der Waals surface area contributed by atoms with E-state index in [1.54, 1.807) is 7.11 Å². The van der Waals surface area contributed by atoms with Crippen molar-refractivity contribution < 1.29 is 4.74 Å². The Morgan fingerprint density at radius 3 is 2.79 bits per heavy atom. The Kier molecular flexibility index (Phi) is 4.22. The number of hydrogen-bond donors (Lipinski definition) is 2. The van der Waals surface area contributed by atoms with Crippen LogP contribution in [0.15, 0.2) is 24.3 Å². The molecular weight excluding hydrogens is 238 g/mol. The number of nitrogens with two attached hydrogens (primary N) is 1. The number of aryl methyl sites for hydroxylation is 1. The highest BCUT2D eigenvalue weighted by atomic mass is 16.5. The molecule has 0 saturated carbocycles. The first kappa shape index (κ1) is 13.6. The number of aromatic amines is 1. The van der Waals surface area contributed by atoms with Crippen molar-refractivity contribution in [3.05, 3.63) is 35.8 Å². The lowest BCUT2D eigenvalue weighted by atomic mass is 10.1. The summed E-state index contributed by atoms with van der Waals surface area (Å²) in [5.41, 5.74) is 8.64. The van der Waals surface area contributed by atoms with E-state index < -0.39 is 0 Å². The van der Waals surface area contributed by atoms with E-state index >= 15 is 0 Å². The summed E-state index contributed by atoms with van der Waals surface area (Å²) in [5, 5.41) is 0. The van der Waals surface area contributed by atoms with E-state index in [0.29, 0.717) is 12.5 Å². The zero-order chi connectivity index (χ0) is 13.8. The molecule has 0 saturated heterocycles. The topological polar surface area (TPSA) is 63.9 Å². The van der Waals surface area contributed by atoms with Gasteiger partial charge in [0.1, 0.15) is 11.6 Å². The number of aromatic nitrogens is 2. The number of benzene rings is 1. The number of methoxy groups -OCH3 is 1. The Morgan fingerprint density at radius 1 is 1.37 bits per heavy atom. The molecule has 0 spiro atoms.